The lowest BCUT2D eigenvalue weighted by atomic mass is 10.1. The van der Waals surface area contributed by atoms with Gasteiger partial charge in [-0.3, -0.25) is 0 Å². The zero-order chi connectivity index (χ0) is 12.1. The third-order valence-corrected chi connectivity index (χ3v) is 2.75. The first kappa shape index (κ1) is 14.5. The standard InChI is InChI=1S/C16H17N.ClH/c1-17(2)16-11-7-6-10-15(16)13-12-14-8-4-3-5-9-14;/h3-13H,1-2H3;1H. The monoisotopic (exact) mass is 259 g/mol. The number of rotatable bonds is 3. The topological polar surface area (TPSA) is 4.44 Å². The minimum atomic E-state index is 0. The van der Waals surface area contributed by atoms with E-state index >= 15 is 0 Å². The number of quaternary nitrogens is 1. The van der Waals surface area contributed by atoms with Crippen molar-refractivity contribution in [2.45, 2.75) is 0 Å². The molecule has 0 heterocycles. The molecule has 1 nitrogen and oxygen atoms in total. The fourth-order valence-corrected chi connectivity index (χ4v) is 1.85. The molecule has 0 aliphatic rings. The van der Waals surface area contributed by atoms with Gasteiger partial charge in [0.1, 0.15) is 5.69 Å². The van der Waals surface area contributed by atoms with Crippen molar-refractivity contribution < 1.29 is 17.3 Å². The summed E-state index contributed by atoms with van der Waals surface area (Å²) in [6, 6.07) is 18.9. The van der Waals surface area contributed by atoms with Gasteiger partial charge in [0.15, 0.2) is 0 Å². The molecule has 2 heteroatoms. The number of benzene rings is 2. The molecule has 0 aromatic heterocycles. The number of halogens is 1. The highest BCUT2D eigenvalue weighted by molar-refractivity contribution is 5.73. The SMILES string of the molecule is C[NH+](C)c1ccccc1C=Cc1ccccc1.[Cl-]. The van der Waals surface area contributed by atoms with Crippen LogP contribution in [0.3, 0.4) is 0 Å². The van der Waals surface area contributed by atoms with Crippen molar-refractivity contribution in [3.63, 3.8) is 0 Å². The Labute approximate surface area is 115 Å². The summed E-state index contributed by atoms with van der Waals surface area (Å²) >= 11 is 0. The van der Waals surface area contributed by atoms with E-state index in [1.54, 1.807) is 0 Å². The summed E-state index contributed by atoms with van der Waals surface area (Å²) in [5.41, 5.74) is 3.83. The summed E-state index contributed by atoms with van der Waals surface area (Å²) in [6.07, 6.45) is 4.33. The lowest BCUT2D eigenvalue weighted by molar-refractivity contribution is -0.786. The van der Waals surface area contributed by atoms with E-state index < -0.39 is 0 Å². The van der Waals surface area contributed by atoms with E-state index in [0.29, 0.717) is 0 Å². The number of para-hydroxylation sites is 1. The molecule has 0 atom stereocenters. The van der Waals surface area contributed by atoms with Gasteiger partial charge >= 0.3 is 0 Å². The maximum atomic E-state index is 2.18. The summed E-state index contributed by atoms with van der Waals surface area (Å²) in [5.74, 6) is 0. The average Bonchev–Trinajstić information content (AvgIpc) is 2.38. The second kappa shape index (κ2) is 7.00. The molecule has 0 spiro atoms. The van der Waals surface area contributed by atoms with Crippen LogP contribution in [0.4, 0.5) is 5.69 Å². The Kier molecular flexibility index (Phi) is 5.63. The van der Waals surface area contributed by atoms with Crippen LogP contribution in [0.1, 0.15) is 11.1 Å². The fourth-order valence-electron chi connectivity index (χ4n) is 1.85. The molecule has 0 aliphatic heterocycles. The number of hydrogen-bond acceptors (Lipinski definition) is 0. The van der Waals surface area contributed by atoms with Gasteiger partial charge in [0.05, 0.1) is 14.1 Å². The van der Waals surface area contributed by atoms with Gasteiger partial charge in [-0.2, -0.15) is 0 Å². The summed E-state index contributed by atoms with van der Waals surface area (Å²) in [7, 11) is 4.30. The van der Waals surface area contributed by atoms with E-state index in [2.05, 4.69) is 74.8 Å². The van der Waals surface area contributed by atoms with Crippen molar-refractivity contribution in [1.29, 1.82) is 0 Å². The second-order valence-electron chi connectivity index (χ2n) is 4.33. The van der Waals surface area contributed by atoms with E-state index in [1.807, 2.05) is 6.07 Å². The Morgan fingerprint density at radius 1 is 0.778 bits per heavy atom. The molecule has 2 rings (SSSR count). The van der Waals surface area contributed by atoms with E-state index in [1.165, 1.54) is 21.7 Å². The third kappa shape index (κ3) is 3.73. The van der Waals surface area contributed by atoms with Crippen molar-refractivity contribution in [3.8, 4) is 0 Å². The summed E-state index contributed by atoms with van der Waals surface area (Å²) in [6.45, 7) is 0. The quantitative estimate of drug-likeness (QED) is 0.718. The Morgan fingerprint density at radius 3 is 2.06 bits per heavy atom. The van der Waals surface area contributed by atoms with Gasteiger partial charge < -0.3 is 17.3 Å². The van der Waals surface area contributed by atoms with Crippen LogP contribution in [0, 0.1) is 0 Å². The van der Waals surface area contributed by atoms with Crippen LogP contribution in [-0.2, 0) is 0 Å². The van der Waals surface area contributed by atoms with Crippen LogP contribution in [0.15, 0.2) is 54.6 Å². The zero-order valence-electron chi connectivity index (χ0n) is 10.7. The van der Waals surface area contributed by atoms with Crippen molar-refractivity contribution >= 4 is 17.8 Å². The summed E-state index contributed by atoms with van der Waals surface area (Å²) < 4.78 is 0. The highest BCUT2D eigenvalue weighted by atomic mass is 35.5. The maximum absolute atomic E-state index is 2.18. The lowest BCUT2D eigenvalue weighted by Crippen LogP contribution is -3.00. The maximum Gasteiger partial charge on any atom is 0.138 e. The molecular weight excluding hydrogens is 242 g/mol. The first-order valence-corrected chi connectivity index (χ1v) is 5.90. The van der Waals surface area contributed by atoms with E-state index in [4.69, 9.17) is 0 Å². The van der Waals surface area contributed by atoms with Crippen molar-refractivity contribution in [3.05, 3.63) is 65.7 Å². The molecule has 18 heavy (non-hydrogen) atoms. The van der Waals surface area contributed by atoms with Crippen LogP contribution in [-0.4, -0.2) is 14.1 Å². The minimum absolute atomic E-state index is 0. The molecule has 0 amide bonds. The van der Waals surface area contributed by atoms with Gasteiger partial charge in [0.2, 0.25) is 0 Å². The first-order chi connectivity index (χ1) is 8.27. The van der Waals surface area contributed by atoms with Gasteiger partial charge in [-0.25, -0.2) is 0 Å². The molecule has 0 saturated carbocycles. The molecule has 0 bridgehead atoms. The highest BCUT2D eigenvalue weighted by Crippen LogP contribution is 2.14. The summed E-state index contributed by atoms with van der Waals surface area (Å²) in [5, 5.41) is 0. The number of hydrogen-bond donors (Lipinski definition) is 1. The Bertz CT molecular complexity index is 504. The Balaban J connectivity index is 0.00000162. The molecule has 0 saturated heterocycles. The van der Waals surface area contributed by atoms with Gasteiger partial charge in [0.25, 0.3) is 0 Å². The summed E-state index contributed by atoms with van der Waals surface area (Å²) in [4.78, 5) is 1.35. The van der Waals surface area contributed by atoms with Gasteiger partial charge in [-0.05, 0) is 23.8 Å². The predicted molar refractivity (Wildman–Crippen MR) is 74.3 cm³/mol. The molecular formula is C16H18ClN. The molecule has 0 unspecified atom stereocenters. The van der Waals surface area contributed by atoms with Crippen LogP contribution in [0.2, 0.25) is 0 Å². The molecule has 0 fully saturated rings. The Hall–Kier alpha value is -1.57. The van der Waals surface area contributed by atoms with Crippen molar-refractivity contribution in [2.75, 3.05) is 14.1 Å². The highest BCUT2D eigenvalue weighted by Gasteiger charge is 2.04. The van der Waals surface area contributed by atoms with E-state index in [-0.39, 0.29) is 12.4 Å². The van der Waals surface area contributed by atoms with Crippen LogP contribution >= 0.6 is 0 Å². The second-order valence-corrected chi connectivity index (χ2v) is 4.33. The van der Waals surface area contributed by atoms with E-state index in [0.717, 1.165) is 0 Å². The van der Waals surface area contributed by atoms with Gasteiger partial charge in [0, 0.05) is 5.56 Å². The predicted octanol–water partition coefficient (Wildman–Crippen LogP) is -0.363. The van der Waals surface area contributed by atoms with Crippen molar-refractivity contribution in [1.82, 2.24) is 0 Å². The lowest BCUT2D eigenvalue weighted by Gasteiger charge is -2.09. The largest absolute Gasteiger partial charge is 1.00 e. The van der Waals surface area contributed by atoms with Crippen molar-refractivity contribution in [2.24, 2.45) is 0 Å². The molecule has 2 aromatic carbocycles. The molecule has 1 N–H and O–H groups in total. The molecule has 0 radical (unpaired) electrons. The minimum Gasteiger partial charge on any atom is -1.00 e. The normalized spacial score (nSPS) is 10.6. The number of nitrogens with one attached hydrogen (secondary N) is 1. The van der Waals surface area contributed by atoms with E-state index in [9.17, 15) is 0 Å². The van der Waals surface area contributed by atoms with Gasteiger partial charge in [-0.15, -0.1) is 0 Å². The molecule has 94 valence electrons. The first-order valence-electron chi connectivity index (χ1n) is 5.90. The molecule has 2 aromatic rings. The third-order valence-electron chi connectivity index (χ3n) is 2.75. The molecule has 0 aliphatic carbocycles. The van der Waals surface area contributed by atoms with Crippen LogP contribution < -0.4 is 17.3 Å². The smallest absolute Gasteiger partial charge is 0.138 e. The van der Waals surface area contributed by atoms with Crippen LogP contribution in [0.25, 0.3) is 12.2 Å². The van der Waals surface area contributed by atoms with Gasteiger partial charge in [-0.1, -0.05) is 48.5 Å². The van der Waals surface area contributed by atoms with Crippen LogP contribution in [0.5, 0.6) is 0 Å². The zero-order valence-corrected chi connectivity index (χ0v) is 11.5. The fraction of sp³-hybridized carbons (Fsp3) is 0.125. The Morgan fingerprint density at radius 2 is 1.39 bits per heavy atom. The average molecular weight is 260 g/mol.